The van der Waals surface area contributed by atoms with Gasteiger partial charge in [-0.3, -0.25) is 4.79 Å². The van der Waals surface area contributed by atoms with Crippen LogP contribution in [0.2, 0.25) is 0 Å². The number of hydrogen-bond donors (Lipinski definition) is 2. The van der Waals surface area contributed by atoms with Gasteiger partial charge in [0.1, 0.15) is 11.9 Å². The van der Waals surface area contributed by atoms with Gasteiger partial charge in [0.2, 0.25) is 5.91 Å². The Bertz CT molecular complexity index is 611. The van der Waals surface area contributed by atoms with Crippen LogP contribution in [0, 0.1) is 5.92 Å². The molecule has 0 bridgehead atoms. The summed E-state index contributed by atoms with van der Waals surface area (Å²) in [6.07, 6.45) is 2.30. The molecule has 1 aliphatic rings. The third-order valence-electron chi connectivity index (χ3n) is 3.98. The Morgan fingerprint density at radius 3 is 2.95 bits per heavy atom. The second-order valence-electron chi connectivity index (χ2n) is 6.33. The van der Waals surface area contributed by atoms with Crippen LogP contribution in [0.1, 0.15) is 45.0 Å². The van der Waals surface area contributed by atoms with Gasteiger partial charge in [0.25, 0.3) is 0 Å². The summed E-state index contributed by atoms with van der Waals surface area (Å²) in [4.78, 5) is 20.3. The van der Waals surface area contributed by atoms with Gasteiger partial charge < -0.3 is 15.0 Å². The number of imidazole rings is 1. The van der Waals surface area contributed by atoms with Crippen molar-refractivity contribution in [3.05, 3.63) is 30.1 Å². The van der Waals surface area contributed by atoms with E-state index in [9.17, 15) is 4.79 Å². The molecule has 0 spiro atoms. The van der Waals surface area contributed by atoms with Gasteiger partial charge in [-0.05, 0) is 37.3 Å². The molecule has 0 radical (unpaired) electrons. The molecule has 1 saturated heterocycles. The number of nitrogens with one attached hydrogen (secondary N) is 2. The number of nitrogens with zero attached hydrogens (tertiary/aromatic N) is 1. The molecule has 118 valence electrons. The number of carbonyl (C=O) groups excluding carboxylic acids is 1. The molecule has 2 aromatic rings. The maximum absolute atomic E-state index is 12.3. The quantitative estimate of drug-likeness (QED) is 0.892. The van der Waals surface area contributed by atoms with Crippen molar-refractivity contribution >= 4 is 16.9 Å². The van der Waals surface area contributed by atoms with Crippen LogP contribution in [0.25, 0.3) is 11.0 Å². The number of rotatable bonds is 5. The third-order valence-corrected chi connectivity index (χ3v) is 3.98. The molecule has 1 fully saturated rings. The van der Waals surface area contributed by atoms with Crippen molar-refractivity contribution in [3.63, 3.8) is 0 Å². The predicted molar refractivity (Wildman–Crippen MR) is 85.4 cm³/mol. The first-order valence-corrected chi connectivity index (χ1v) is 8.00. The van der Waals surface area contributed by atoms with Crippen LogP contribution in [0.15, 0.2) is 24.3 Å². The number of aromatic nitrogens is 2. The Morgan fingerprint density at radius 2 is 2.27 bits per heavy atom. The number of benzene rings is 1. The van der Waals surface area contributed by atoms with Gasteiger partial charge in [-0.2, -0.15) is 0 Å². The van der Waals surface area contributed by atoms with Crippen molar-refractivity contribution in [1.82, 2.24) is 15.3 Å². The summed E-state index contributed by atoms with van der Waals surface area (Å²) < 4.78 is 5.47. The molecule has 5 nitrogen and oxygen atoms in total. The fraction of sp³-hybridized carbons (Fsp3) is 0.529. The van der Waals surface area contributed by atoms with Crippen LogP contribution in [-0.2, 0) is 9.53 Å². The van der Waals surface area contributed by atoms with Gasteiger partial charge in [-0.15, -0.1) is 0 Å². The summed E-state index contributed by atoms with van der Waals surface area (Å²) in [6, 6.07) is 7.82. The van der Waals surface area contributed by atoms with E-state index in [4.69, 9.17) is 4.74 Å². The van der Waals surface area contributed by atoms with Crippen molar-refractivity contribution in [2.45, 2.75) is 45.3 Å². The molecule has 22 heavy (non-hydrogen) atoms. The van der Waals surface area contributed by atoms with E-state index in [1.54, 1.807) is 0 Å². The monoisotopic (exact) mass is 301 g/mol. The van der Waals surface area contributed by atoms with Crippen LogP contribution in [0.3, 0.4) is 0 Å². The molecule has 2 atom stereocenters. The molecule has 5 heteroatoms. The van der Waals surface area contributed by atoms with E-state index >= 15 is 0 Å². The van der Waals surface area contributed by atoms with E-state index in [0.29, 0.717) is 12.5 Å². The van der Waals surface area contributed by atoms with Gasteiger partial charge in [0.15, 0.2) is 0 Å². The summed E-state index contributed by atoms with van der Waals surface area (Å²) in [7, 11) is 0. The Kier molecular flexibility index (Phi) is 4.43. The van der Waals surface area contributed by atoms with Crippen LogP contribution in [-0.4, -0.2) is 28.6 Å². The van der Waals surface area contributed by atoms with Gasteiger partial charge >= 0.3 is 0 Å². The highest BCUT2D eigenvalue weighted by Crippen LogP contribution is 2.23. The Morgan fingerprint density at radius 1 is 1.45 bits per heavy atom. The first-order chi connectivity index (χ1) is 10.6. The molecule has 1 aromatic carbocycles. The van der Waals surface area contributed by atoms with Gasteiger partial charge in [0.05, 0.1) is 17.1 Å². The second kappa shape index (κ2) is 6.48. The SMILES string of the molecule is CC(C)C[C@H](NC(=O)[C@H]1CCCO1)c1nc2ccccc2[nH]1. The van der Waals surface area contributed by atoms with Crippen molar-refractivity contribution < 1.29 is 9.53 Å². The summed E-state index contributed by atoms with van der Waals surface area (Å²) in [5, 5.41) is 3.11. The molecule has 0 saturated carbocycles. The van der Waals surface area contributed by atoms with Crippen molar-refractivity contribution in [3.8, 4) is 0 Å². The zero-order valence-electron chi connectivity index (χ0n) is 13.1. The van der Waals surface area contributed by atoms with E-state index in [1.807, 2.05) is 24.3 Å². The van der Waals surface area contributed by atoms with Crippen molar-refractivity contribution in [2.24, 2.45) is 5.92 Å². The summed E-state index contributed by atoms with van der Waals surface area (Å²) in [6.45, 7) is 4.97. The number of para-hydroxylation sites is 2. The lowest BCUT2D eigenvalue weighted by atomic mass is 10.0. The Hall–Kier alpha value is -1.88. The van der Waals surface area contributed by atoms with Crippen LogP contribution in [0.5, 0.6) is 0 Å². The van der Waals surface area contributed by atoms with Gasteiger partial charge in [0, 0.05) is 6.61 Å². The summed E-state index contributed by atoms with van der Waals surface area (Å²) in [5.74, 6) is 1.26. The number of carbonyl (C=O) groups is 1. The molecule has 1 amide bonds. The predicted octanol–water partition coefficient (Wildman–Crippen LogP) is 2.95. The zero-order chi connectivity index (χ0) is 15.5. The van der Waals surface area contributed by atoms with Crippen LogP contribution < -0.4 is 5.32 Å². The molecule has 2 N–H and O–H groups in total. The summed E-state index contributed by atoms with van der Waals surface area (Å²) >= 11 is 0. The minimum Gasteiger partial charge on any atom is -0.368 e. The molecule has 2 heterocycles. The van der Waals surface area contributed by atoms with Crippen molar-refractivity contribution in [1.29, 1.82) is 0 Å². The minimum atomic E-state index is -0.306. The fourth-order valence-electron chi connectivity index (χ4n) is 2.90. The first-order valence-electron chi connectivity index (χ1n) is 8.00. The molecular formula is C17H23N3O2. The largest absolute Gasteiger partial charge is 0.368 e. The van der Waals surface area contributed by atoms with E-state index in [2.05, 4.69) is 29.1 Å². The molecular weight excluding hydrogens is 278 g/mol. The van der Waals surface area contributed by atoms with Crippen molar-refractivity contribution in [2.75, 3.05) is 6.61 Å². The lowest BCUT2D eigenvalue weighted by Gasteiger charge is -2.20. The molecule has 0 aliphatic carbocycles. The normalized spacial score (nSPS) is 19.7. The highest BCUT2D eigenvalue weighted by molar-refractivity contribution is 5.81. The van der Waals surface area contributed by atoms with Gasteiger partial charge in [-0.25, -0.2) is 4.98 Å². The van der Waals surface area contributed by atoms with E-state index in [0.717, 1.165) is 36.1 Å². The first kappa shape index (κ1) is 15.0. The topological polar surface area (TPSA) is 67.0 Å². The Labute approximate surface area is 130 Å². The maximum Gasteiger partial charge on any atom is 0.249 e. The minimum absolute atomic E-state index is 0.0244. The number of aromatic amines is 1. The van der Waals surface area contributed by atoms with Crippen LogP contribution in [0.4, 0.5) is 0 Å². The van der Waals surface area contributed by atoms with E-state index in [-0.39, 0.29) is 18.1 Å². The summed E-state index contributed by atoms with van der Waals surface area (Å²) in [5.41, 5.74) is 1.93. The highest BCUT2D eigenvalue weighted by atomic mass is 16.5. The van der Waals surface area contributed by atoms with E-state index in [1.165, 1.54) is 0 Å². The average molecular weight is 301 g/mol. The molecule has 0 unspecified atom stereocenters. The molecule has 1 aliphatic heterocycles. The molecule has 1 aromatic heterocycles. The number of hydrogen-bond acceptors (Lipinski definition) is 3. The standard InChI is InChI=1S/C17H23N3O2/c1-11(2)10-14(20-17(21)15-8-5-9-22-15)16-18-12-6-3-4-7-13(12)19-16/h3-4,6-7,11,14-15H,5,8-10H2,1-2H3,(H,18,19)(H,20,21)/t14-,15+/m0/s1. The van der Waals surface area contributed by atoms with Gasteiger partial charge in [-0.1, -0.05) is 26.0 Å². The maximum atomic E-state index is 12.3. The van der Waals surface area contributed by atoms with E-state index < -0.39 is 0 Å². The second-order valence-corrected chi connectivity index (χ2v) is 6.33. The third kappa shape index (κ3) is 3.30. The smallest absolute Gasteiger partial charge is 0.249 e. The number of fused-ring (bicyclic) bond motifs is 1. The zero-order valence-corrected chi connectivity index (χ0v) is 13.1. The number of ether oxygens (including phenoxy) is 1. The Balaban J connectivity index is 1.80. The average Bonchev–Trinajstić information content (AvgIpc) is 3.15. The highest BCUT2D eigenvalue weighted by Gasteiger charge is 2.27. The number of amides is 1. The molecule has 3 rings (SSSR count). The van der Waals surface area contributed by atoms with Crippen LogP contribution >= 0.6 is 0 Å². The fourth-order valence-corrected chi connectivity index (χ4v) is 2.90. The lowest BCUT2D eigenvalue weighted by molar-refractivity contribution is -0.131. The lowest BCUT2D eigenvalue weighted by Crippen LogP contribution is -2.37. The number of H-pyrrole nitrogens is 1.